The van der Waals surface area contributed by atoms with Gasteiger partial charge in [-0.1, -0.05) is 23.7 Å². The lowest BCUT2D eigenvalue weighted by Crippen LogP contribution is -2.48. The van der Waals surface area contributed by atoms with Crippen molar-refractivity contribution in [3.8, 4) is 0 Å². The number of carbonyl (C=O) groups is 1. The minimum atomic E-state index is 0.0460. The van der Waals surface area contributed by atoms with Gasteiger partial charge < -0.3 is 15.0 Å². The molecule has 2 atom stereocenters. The zero-order chi connectivity index (χ0) is 18.7. The van der Waals surface area contributed by atoms with Crippen LogP contribution in [0.2, 0.25) is 5.15 Å². The summed E-state index contributed by atoms with van der Waals surface area (Å²) in [6.45, 7) is 7.62. The molecule has 0 bridgehead atoms. The summed E-state index contributed by atoms with van der Waals surface area (Å²) < 4.78 is 5.69. The first kappa shape index (κ1) is 18.6. The molecule has 0 saturated carbocycles. The molecule has 1 N–H and O–H groups in total. The predicted molar refractivity (Wildman–Crippen MR) is 101 cm³/mol. The van der Waals surface area contributed by atoms with Crippen LogP contribution in [0.15, 0.2) is 30.3 Å². The van der Waals surface area contributed by atoms with Gasteiger partial charge in [0.2, 0.25) is 0 Å². The Labute approximate surface area is 158 Å². The first-order chi connectivity index (χ1) is 12.4. The van der Waals surface area contributed by atoms with E-state index in [-0.39, 0.29) is 18.1 Å². The third-order valence-corrected chi connectivity index (χ3v) is 4.38. The Bertz CT molecular complexity index is 751. The van der Waals surface area contributed by atoms with Gasteiger partial charge in [-0.3, -0.25) is 4.79 Å². The maximum atomic E-state index is 12.7. The van der Waals surface area contributed by atoms with Crippen molar-refractivity contribution in [2.24, 2.45) is 0 Å². The van der Waals surface area contributed by atoms with Gasteiger partial charge in [0.15, 0.2) is 0 Å². The molecule has 6 nitrogen and oxygen atoms in total. The molecule has 26 heavy (non-hydrogen) atoms. The van der Waals surface area contributed by atoms with E-state index in [1.165, 1.54) is 0 Å². The number of ether oxygens (including phenoxy) is 1. The average molecular weight is 375 g/mol. The molecule has 1 saturated heterocycles. The van der Waals surface area contributed by atoms with Crippen molar-refractivity contribution in [3.63, 3.8) is 0 Å². The Hall–Kier alpha value is -2.18. The van der Waals surface area contributed by atoms with Crippen LogP contribution in [0.1, 0.15) is 35.6 Å². The quantitative estimate of drug-likeness (QED) is 0.831. The van der Waals surface area contributed by atoms with Crippen molar-refractivity contribution < 1.29 is 9.53 Å². The number of anilines is 1. The van der Waals surface area contributed by atoms with Crippen LogP contribution in [0.5, 0.6) is 0 Å². The molecule has 2 heterocycles. The van der Waals surface area contributed by atoms with Crippen molar-refractivity contribution in [2.75, 3.05) is 18.4 Å². The van der Waals surface area contributed by atoms with E-state index in [9.17, 15) is 4.79 Å². The lowest BCUT2D eigenvalue weighted by Gasteiger charge is -2.35. The molecule has 1 aromatic heterocycles. The summed E-state index contributed by atoms with van der Waals surface area (Å²) in [5.74, 6) is 1.35. The van der Waals surface area contributed by atoms with Crippen molar-refractivity contribution in [1.29, 1.82) is 0 Å². The topological polar surface area (TPSA) is 67.4 Å². The van der Waals surface area contributed by atoms with Crippen LogP contribution in [0, 0.1) is 6.92 Å². The van der Waals surface area contributed by atoms with E-state index in [4.69, 9.17) is 16.3 Å². The third-order valence-electron chi connectivity index (χ3n) is 4.19. The van der Waals surface area contributed by atoms with Gasteiger partial charge in [-0.05, 0) is 38.5 Å². The number of nitrogens with zero attached hydrogens (tertiary/aromatic N) is 3. The Balaban J connectivity index is 1.62. The summed E-state index contributed by atoms with van der Waals surface area (Å²) in [6, 6.07) is 9.31. The Morgan fingerprint density at radius 2 is 1.88 bits per heavy atom. The number of amides is 1. The normalized spacial score (nSPS) is 20.1. The smallest absolute Gasteiger partial charge is 0.254 e. The van der Waals surface area contributed by atoms with Crippen LogP contribution in [-0.2, 0) is 11.3 Å². The number of hydrogen-bond acceptors (Lipinski definition) is 5. The maximum absolute atomic E-state index is 12.7. The lowest BCUT2D eigenvalue weighted by atomic mass is 10.1. The number of aromatic nitrogens is 2. The molecule has 1 aromatic carbocycles. The molecular weight excluding hydrogens is 352 g/mol. The fraction of sp³-hybridized carbons (Fsp3) is 0.421. The Morgan fingerprint density at radius 1 is 1.23 bits per heavy atom. The third kappa shape index (κ3) is 4.71. The fourth-order valence-corrected chi connectivity index (χ4v) is 3.33. The molecule has 138 valence electrons. The van der Waals surface area contributed by atoms with Crippen LogP contribution in [0.3, 0.4) is 0 Å². The van der Waals surface area contributed by atoms with Crippen LogP contribution in [-0.4, -0.2) is 46.1 Å². The minimum Gasteiger partial charge on any atom is -0.372 e. The van der Waals surface area contributed by atoms with Gasteiger partial charge in [0, 0.05) is 31.3 Å². The molecule has 0 unspecified atom stereocenters. The first-order valence-corrected chi connectivity index (χ1v) is 9.07. The summed E-state index contributed by atoms with van der Waals surface area (Å²) in [6.07, 6.45) is 0.128. The lowest BCUT2D eigenvalue weighted by molar-refractivity contribution is -0.0586. The SMILES string of the molecule is Cc1nc(Cl)cc(NCc2ccc(C(=O)N3C[C@@H](C)O[C@@H](C)C3)cc2)n1. The molecular formula is C19H23ClN4O2. The van der Waals surface area contributed by atoms with Crippen LogP contribution in [0.4, 0.5) is 5.82 Å². The molecule has 0 radical (unpaired) electrons. The summed E-state index contributed by atoms with van der Waals surface area (Å²) >= 11 is 5.94. The second-order valence-electron chi connectivity index (χ2n) is 6.64. The average Bonchev–Trinajstić information content (AvgIpc) is 2.58. The number of aryl methyl sites for hydroxylation is 1. The van der Waals surface area contributed by atoms with Crippen molar-refractivity contribution in [2.45, 2.75) is 39.5 Å². The van der Waals surface area contributed by atoms with E-state index in [1.54, 1.807) is 13.0 Å². The van der Waals surface area contributed by atoms with Crippen LogP contribution < -0.4 is 5.32 Å². The molecule has 1 aliphatic heterocycles. The number of benzene rings is 1. The molecule has 1 fully saturated rings. The van der Waals surface area contributed by atoms with Gasteiger partial charge in [-0.2, -0.15) is 0 Å². The van der Waals surface area contributed by atoms with E-state index in [1.807, 2.05) is 43.0 Å². The highest BCUT2D eigenvalue weighted by Crippen LogP contribution is 2.16. The van der Waals surface area contributed by atoms with Crippen LogP contribution in [0.25, 0.3) is 0 Å². The molecule has 7 heteroatoms. The van der Waals surface area contributed by atoms with Crippen LogP contribution >= 0.6 is 11.6 Å². The van der Waals surface area contributed by atoms with Gasteiger partial charge in [-0.25, -0.2) is 9.97 Å². The number of morpholine rings is 1. The fourth-order valence-electron chi connectivity index (χ4n) is 3.11. The van der Waals surface area contributed by atoms with E-state index in [0.29, 0.717) is 42.0 Å². The van der Waals surface area contributed by atoms with Crippen molar-refractivity contribution in [3.05, 3.63) is 52.4 Å². The molecule has 3 rings (SSSR count). The van der Waals surface area contributed by atoms with Gasteiger partial charge >= 0.3 is 0 Å². The highest BCUT2D eigenvalue weighted by Gasteiger charge is 2.26. The number of nitrogens with one attached hydrogen (secondary N) is 1. The van der Waals surface area contributed by atoms with Gasteiger partial charge in [0.05, 0.1) is 12.2 Å². The van der Waals surface area contributed by atoms with E-state index >= 15 is 0 Å². The Morgan fingerprint density at radius 3 is 2.50 bits per heavy atom. The van der Waals surface area contributed by atoms with Gasteiger partial charge in [-0.15, -0.1) is 0 Å². The number of hydrogen-bond donors (Lipinski definition) is 1. The minimum absolute atomic E-state index is 0.0460. The summed E-state index contributed by atoms with van der Waals surface area (Å²) in [7, 11) is 0. The monoisotopic (exact) mass is 374 g/mol. The maximum Gasteiger partial charge on any atom is 0.254 e. The molecule has 1 amide bonds. The van der Waals surface area contributed by atoms with Crippen molar-refractivity contribution >= 4 is 23.3 Å². The second kappa shape index (κ2) is 8.01. The number of carbonyl (C=O) groups excluding carboxylic acids is 1. The Kier molecular flexibility index (Phi) is 5.74. The molecule has 1 aliphatic rings. The van der Waals surface area contributed by atoms with Gasteiger partial charge in [0.25, 0.3) is 5.91 Å². The first-order valence-electron chi connectivity index (χ1n) is 8.69. The van der Waals surface area contributed by atoms with Crippen molar-refractivity contribution in [1.82, 2.24) is 14.9 Å². The largest absolute Gasteiger partial charge is 0.372 e. The highest BCUT2D eigenvalue weighted by molar-refractivity contribution is 6.29. The van der Waals surface area contributed by atoms with E-state index in [2.05, 4.69) is 15.3 Å². The zero-order valence-corrected chi connectivity index (χ0v) is 16.0. The van der Waals surface area contributed by atoms with E-state index < -0.39 is 0 Å². The summed E-state index contributed by atoms with van der Waals surface area (Å²) in [4.78, 5) is 22.9. The number of rotatable bonds is 4. The standard InChI is InChI=1S/C19H23ClN4O2/c1-12-10-24(11-13(2)26-12)19(25)16-6-4-15(5-7-16)9-21-18-8-17(20)22-14(3)23-18/h4-8,12-13H,9-11H2,1-3H3,(H,21,22,23)/t12-,13+. The summed E-state index contributed by atoms with van der Waals surface area (Å²) in [5.41, 5.74) is 1.74. The molecule has 0 aliphatic carbocycles. The molecule has 2 aromatic rings. The van der Waals surface area contributed by atoms with E-state index in [0.717, 1.165) is 5.56 Å². The number of halogens is 1. The molecule has 0 spiro atoms. The second-order valence-corrected chi connectivity index (χ2v) is 7.03. The zero-order valence-electron chi connectivity index (χ0n) is 15.2. The predicted octanol–water partition coefficient (Wildman–Crippen LogP) is 3.30. The van der Waals surface area contributed by atoms with Gasteiger partial charge in [0.1, 0.15) is 16.8 Å². The highest BCUT2D eigenvalue weighted by atomic mass is 35.5. The summed E-state index contributed by atoms with van der Waals surface area (Å²) in [5, 5.41) is 3.63.